The number of nitrogens with one attached hydrogen (secondary N) is 1. The summed E-state index contributed by atoms with van der Waals surface area (Å²) in [6, 6.07) is 5.03. The molecule has 5 nitrogen and oxygen atoms in total. The van der Waals surface area contributed by atoms with Gasteiger partial charge in [0.05, 0.1) is 12.5 Å². The zero-order valence-corrected chi connectivity index (χ0v) is 13.1. The number of hydrogen-bond donors (Lipinski definition) is 1. The van der Waals surface area contributed by atoms with Crippen LogP contribution >= 0.6 is 0 Å². The van der Waals surface area contributed by atoms with E-state index < -0.39 is 12.1 Å². The van der Waals surface area contributed by atoms with E-state index in [2.05, 4.69) is 5.32 Å². The first-order valence-corrected chi connectivity index (χ1v) is 7.90. The zero-order chi connectivity index (χ0) is 17.2. The van der Waals surface area contributed by atoms with Gasteiger partial charge in [-0.3, -0.25) is 9.69 Å². The molecule has 1 aromatic carbocycles. The van der Waals surface area contributed by atoms with E-state index >= 15 is 0 Å². The molecule has 0 bridgehead atoms. The highest BCUT2D eigenvalue weighted by atomic mass is 19.4. The van der Waals surface area contributed by atoms with Crippen LogP contribution in [0.3, 0.4) is 0 Å². The number of carbonyl (C=O) groups is 1. The van der Waals surface area contributed by atoms with Gasteiger partial charge in [-0.1, -0.05) is 0 Å². The molecule has 2 heterocycles. The Kier molecular flexibility index (Phi) is 4.84. The molecule has 0 aliphatic carbocycles. The second-order valence-electron chi connectivity index (χ2n) is 6.02. The molecule has 1 atom stereocenters. The van der Waals surface area contributed by atoms with Gasteiger partial charge in [-0.15, -0.1) is 0 Å². The lowest BCUT2D eigenvalue weighted by atomic mass is 9.97. The molecule has 0 radical (unpaired) electrons. The van der Waals surface area contributed by atoms with E-state index in [-0.39, 0.29) is 25.4 Å². The van der Waals surface area contributed by atoms with Gasteiger partial charge in [-0.05, 0) is 31.5 Å². The number of likely N-dealkylation sites (tertiary alicyclic amines) is 1. The molecule has 2 aliphatic heterocycles. The number of carbonyl (C=O) groups excluding carboxylic acids is 1. The first-order chi connectivity index (χ1) is 11.4. The monoisotopic (exact) mass is 344 g/mol. The van der Waals surface area contributed by atoms with E-state index in [0.717, 1.165) is 0 Å². The van der Waals surface area contributed by atoms with E-state index in [4.69, 9.17) is 9.47 Å². The van der Waals surface area contributed by atoms with Crippen LogP contribution < -0.4 is 14.8 Å². The van der Waals surface area contributed by atoms with Crippen molar-refractivity contribution in [2.24, 2.45) is 5.92 Å². The average molecular weight is 344 g/mol. The number of piperidine rings is 1. The Morgan fingerprint density at radius 1 is 1.25 bits per heavy atom. The first kappa shape index (κ1) is 16.9. The van der Waals surface area contributed by atoms with E-state index in [1.165, 1.54) is 0 Å². The van der Waals surface area contributed by atoms with Crippen molar-refractivity contribution in [3.8, 4) is 11.5 Å². The smallest absolute Gasteiger partial charge is 0.393 e. The van der Waals surface area contributed by atoms with Gasteiger partial charge in [0.1, 0.15) is 13.2 Å². The third-order valence-electron chi connectivity index (χ3n) is 4.16. The highest BCUT2D eigenvalue weighted by molar-refractivity contribution is 5.92. The normalized spacial score (nSPS) is 21.4. The van der Waals surface area contributed by atoms with Crippen LogP contribution in [0.5, 0.6) is 11.5 Å². The van der Waals surface area contributed by atoms with E-state index in [1.807, 2.05) is 0 Å². The molecule has 0 saturated carbocycles. The van der Waals surface area contributed by atoms with Crippen molar-refractivity contribution < 1.29 is 27.4 Å². The van der Waals surface area contributed by atoms with Crippen molar-refractivity contribution in [3.63, 3.8) is 0 Å². The van der Waals surface area contributed by atoms with Crippen LogP contribution in [0, 0.1) is 5.92 Å². The van der Waals surface area contributed by atoms with Gasteiger partial charge in [-0.25, -0.2) is 0 Å². The van der Waals surface area contributed by atoms with E-state index in [1.54, 1.807) is 23.1 Å². The summed E-state index contributed by atoms with van der Waals surface area (Å²) in [7, 11) is 0. The van der Waals surface area contributed by atoms with Crippen molar-refractivity contribution in [3.05, 3.63) is 18.2 Å². The Balaban J connectivity index is 1.56. The molecule has 1 saturated heterocycles. The minimum absolute atomic E-state index is 0.0545. The number of anilines is 1. The van der Waals surface area contributed by atoms with Crippen LogP contribution in [-0.4, -0.2) is 49.8 Å². The van der Waals surface area contributed by atoms with E-state index in [9.17, 15) is 18.0 Å². The van der Waals surface area contributed by atoms with Crippen molar-refractivity contribution in [2.75, 3.05) is 38.2 Å². The summed E-state index contributed by atoms with van der Waals surface area (Å²) in [5.41, 5.74) is 0.536. The number of benzene rings is 1. The number of halogens is 3. The van der Waals surface area contributed by atoms with Crippen LogP contribution in [0.4, 0.5) is 18.9 Å². The number of amides is 1. The number of fused-ring (bicyclic) bond motifs is 1. The summed E-state index contributed by atoms with van der Waals surface area (Å²) < 4.78 is 49.3. The lowest BCUT2D eigenvalue weighted by molar-refractivity contribution is -0.186. The minimum atomic E-state index is -4.20. The lowest BCUT2D eigenvalue weighted by Crippen LogP contribution is -2.44. The predicted molar refractivity (Wildman–Crippen MR) is 81.3 cm³/mol. The summed E-state index contributed by atoms with van der Waals surface area (Å²) in [5, 5.41) is 2.70. The molecule has 0 spiro atoms. The SMILES string of the molecule is O=C(CN1CCC[C@H](C(F)(F)F)C1)Nc1ccc2c(c1)OCCO2. The number of hydrogen-bond acceptors (Lipinski definition) is 4. The van der Waals surface area contributed by atoms with Crippen molar-refractivity contribution in [2.45, 2.75) is 19.0 Å². The summed E-state index contributed by atoms with van der Waals surface area (Å²) in [6.45, 7) is 1.24. The third kappa shape index (κ3) is 4.11. The van der Waals surface area contributed by atoms with Crippen molar-refractivity contribution in [1.82, 2.24) is 4.90 Å². The fraction of sp³-hybridized carbons (Fsp3) is 0.562. The topological polar surface area (TPSA) is 50.8 Å². The maximum Gasteiger partial charge on any atom is 0.393 e. The van der Waals surface area contributed by atoms with Crippen molar-refractivity contribution in [1.29, 1.82) is 0 Å². The Hall–Kier alpha value is -1.96. The zero-order valence-electron chi connectivity index (χ0n) is 13.1. The molecule has 3 rings (SSSR count). The Labute approximate surface area is 137 Å². The van der Waals surface area contributed by atoms with Crippen LogP contribution in [-0.2, 0) is 4.79 Å². The molecule has 8 heteroatoms. The summed E-state index contributed by atoms with van der Waals surface area (Å²) in [4.78, 5) is 13.6. The molecular weight excluding hydrogens is 325 g/mol. The number of rotatable bonds is 3. The average Bonchev–Trinajstić information content (AvgIpc) is 2.54. The van der Waals surface area contributed by atoms with Crippen molar-refractivity contribution >= 4 is 11.6 Å². The fourth-order valence-corrected chi connectivity index (χ4v) is 2.99. The quantitative estimate of drug-likeness (QED) is 0.916. The first-order valence-electron chi connectivity index (χ1n) is 7.90. The van der Waals surface area contributed by atoms with Gasteiger partial charge >= 0.3 is 6.18 Å². The van der Waals surface area contributed by atoms with E-state index in [0.29, 0.717) is 43.4 Å². The van der Waals surface area contributed by atoms with Gasteiger partial charge in [-0.2, -0.15) is 13.2 Å². The van der Waals surface area contributed by atoms with Gasteiger partial charge in [0.2, 0.25) is 5.91 Å². The second-order valence-corrected chi connectivity index (χ2v) is 6.02. The lowest BCUT2D eigenvalue weighted by Gasteiger charge is -2.33. The Morgan fingerprint density at radius 3 is 2.75 bits per heavy atom. The largest absolute Gasteiger partial charge is 0.486 e. The summed E-state index contributed by atoms with van der Waals surface area (Å²) in [5.74, 6) is -0.527. The molecule has 24 heavy (non-hydrogen) atoms. The predicted octanol–water partition coefficient (Wildman–Crippen LogP) is 2.67. The maximum absolute atomic E-state index is 12.8. The molecule has 1 amide bonds. The second kappa shape index (κ2) is 6.88. The van der Waals surface area contributed by atoms with Crippen LogP contribution in [0.15, 0.2) is 18.2 Å². The molecular formula is C16H19F3N2O3. The number of nitrogens with zero attached hydrogens (tertiary/aromatic N) is 1. The molecule has 1 fully saturated rings. The summed E-state index contributed by atoms with van der Waals surface area (Å²) >= 11 is 0. The number of ether oxygens (including phenoxy) is 2. The highest BCUT2D eigenvalue weighted by Crippen LogP contribution is 2.34. The Bertz CT molecular complexity index is 607. The van der Waals surface area contributed by atoms with Gasteiger partial charge in [0.15, 0.2) is 11.5 Å². The van der Waals surface area contributed by atoms with Gasteiger partial charge in [0.25, 0.3) is 0 Å². The molecule has 1 N–H and O–H groups in total. The standard InChI is InChI=1S/C16H19F3N2O3/c17-16(18,19)11-2-1-5-21(9-11)10-15(22)20-12-3-4-13-14(8-12)24-7-6-23-13/h3-4,8,11H,1-2,5-7,9-10H2,(H,20,22)/t11-/m0/s1. The summed E-state index contributed by atoms with van der Waals surface area (Å²) in [6.07, 6.45) is -3.63. The van der Waals surface area contributed by atoms with Gasteiger partial charge < -0.3 is 14.8 Å². The fourth-order valence-electron chi connectivity index (χ4n) is 2.99. The van der Waals surface area contributed by atoms with Crippen LogP contribution in [0.25, 0.3) is 0 Å². The molecule has 1 aromatic rings. The highest BCUT2D eigenvalue weighted by Gasteiger charge is 2.41. The molecule has 132 valence electrons. The molecule has 2 aliphatic rings. The minimum Gasteiger partial charge on any atom is -0.486 e. The Morgan fingerprint density at radius 2 is 2.00 bits per heavy atom. The van der Waals surface area contributed by atoms with Crippen LogP contribution in [0.1, 0.15) is 12.8 Å². The third-order valence-corrected chi connectivity index (χ3v) is 4.16. The number of alkyl halides is 3. The van der Waals surface area contributed by atoms with Crippen LogP contribution in [0.2, 0.25) is 0 Å². The molecule has 0 unspecified atom stereocenters. The molecule has 0 aromatic heterocycles. The van der Waals surface area contributed by atoms with Gasteiger partial charge in [0, 0.05) is 18.3 Å². The maximum atomic E-state index is 12.8.